The number of ether oxygens (including phenoxy) is 2. The quantitative estimate of drug-likeness (QED) is 0.340. The fourth-order valence-corrected chi connectivity index (χ4v) is 8.29. The summed E-state index contributed by atoms with van der Waals surface area (Å²) >= 11 is 6.45. The molecule has 1 saturated heterocycles. The lowest BCUT2D eigenvalue weighted by Gasteiger charge is -2.39. The number of nitrogens with zero attached hydrogens (tertiary/aromatic N) is 3. The molecule has 2 aromatic carbocycles. The summed E-state index contributed by atoms with van der Waals surface area (Å²) in [4.78, 5) is 33.5. The number of hydrogen-bond donors (Lipinski definition) is 2. The van der Waals surface area contributed by atoms with Crippen LogP contribution in [0.5, 0.6) is 5.75 Å². The molecule has 0 radical (unpaired) electrons. The Kier molecular flexibility index (Phi) is 12.9. The zero-order valence-corrected chi connectivity index (χ0v) is 31.9. The van der Waals surface area contributed by atoms with Crippen LogP contribution in [0.4, 0.5) is 10.5 Å². The zero-order valence-electron chi connectivity index (χ0n) is 30.4. The largest absolute Gasteiger partial charge is 0.491 e. The highest BCUT2D eigenvalue weighted by atomic mass is 35.5. The Morgan fingerprint density at radius 3 is 2.62 bits per heavy atom. The first-order valence-electron chi connectivity index (χ1n) is 18.1. The summed E-state index contributed by atoms with van der Waals surface area (Å²) in [6, 6.07) is 11.9. The van der Waals surface area contributed by atoms with Gasteiger partial charge in [0.05, 0.1) is 22.7 Å². The number of carbonyl (C=O) groups is 2. The highest BCUT2D eigenvalue weighted by Gasteiger charge is 2.36. The number of halogens is 1. The monoisotopic (exact) mass is 727 g/mol. The smallest absolute Gasteiger partial charge is 0.410 e. The molecule has 4 atom stereocenters. The lowest BCUT2D eigenvalue weighted by Crippen LogP contribution is -2.59. The molecule has 0 saturated carbocycles. The summed E-state index contributed by atoms with van der Waals surface area (Å²) in [5, 5.41) is 3.94. The maximum atomic E-state index is 13.7. The van der Waals surface area contributed by atoms with Gasteiger partial charge in [0.1, 0.15) is 11.9 Å². The maximum Gasteiger partial charge on any atom is 0.410 e. The van der Waals surface area contributed by atoms with Gasteiger partial charge in [-0.15, -0.1) is 0 Å². The molecule has 3 heterocycles. The molecule has 5 rings (SSSR count). The fraction of sp³-hybridized carbons (Fsp3) is 0.579. The van der Waals surface area contributed by atoms with Gasteiger partial charge in [0.15, 0.2) is 11.0 Å². The molecule has 3 aliphatic heterocycles. The van der Waals surface area contributed by atoms with E-state index < -0.39 is 22.6 Å². The van der Waals surface area contributed by atoms with Gasteiger partial charge in [0.25, 0.3) is 5.91 Å². The van der Waals surface area contributed by atoms with Crippen LogP contribution in [0, 0.1) is 5.92 Å². The number of nitrogens with one attached hydrogen (secondary N) is 2. The average Bonchev–Trinajstić information content (AvgIpc) is 3.25. The van der Waals surface area contributed by atoms with E-state index in [9.17, 15) is 13.8 Å². The number of hydrogen-bond acceptors (Lipinski definition) is 8. The van der Waals surface area contributed by atoms with Crippen LogP contribution in [0.15, 0.2) is 53.4 Å². The second-order valence-electron chi connectivity index (χ2n) is 14.1. The van der Waals surface area contributed by atoms with Crippen molar-refractivity contribution in [1.82, 2.24) is 19.8 Å². The molecule has 1 fully saturated rings. The molecular weight excluding hydrogens is 674 g/mol. The number of aryl methyl sites for hydroxylation is 1. The van der Waals surface area contributed by atoms with Gasteiger partial charge in [-0.2, -0.15) is 0 Å². The summed E-state index contributed by atoms with van der Waals surface area (Å²) in [6.07, 6.45) is 6.70. The van der Waals surface area contributed by atoms with Crippen molar-refractivity contribution in [3.8, 4) is 5.75 Å². The molecule has 50 heavy (non-hydrogen) atoms. The van der Waals surface area contributed by atoms with Crippen molar-refractivity contribution in [2.45, 2.75) is 88.8 Å². The number of benzene rings is 2. The Balaban J connectivity index is 1.52. The number of amides is 2. The van der Waals surface area contributed by atoms with Crippen molar-refractivity contribution in [3.63, 3.8) is 0 Å². The second kappa shape index (κ2) is 16.9. The molecule has 10 nitrogen and oxygen atoms in total. The first-order chi connectivity index (χ1) is 24.0. The van der Waals surface area contributed by atoms with E-state index in [0.717, 1.165) is 36.4 Å². The third-order valence-corrected chi connectivity index (χ3v) is 11.8. The molecule has 3 aliphatic rings. The van der Waals surface area contributed by atoms with E-state index in [1.165, 1.54) is 11.1 Å². The van der Waals surface area contributed by atoms with Gasteiger partial charge in [0.2, 0.25) is 0 Å². The van der Waals surface area contributed by atoms with Gasteiger partial charge in [0, 0.05) is 55.6 Å². The Labute approximate surface area is 305 Å². The van der Waals surface area contributed by atoms with Crippen LogP contribution in [-0.4, -0.2) is 96.6 Å². The van der Waals surface area contributed by atoms with Crippen LogP contribution in [-0.2, 0) is 26.9 Å². The predicted molar refractivity (Wildman–Crippen MR) is 200 cm³/mol. The van der Waals surface area contributed by atoms with Crippen molar-refractivity contribution in [2.24, 2.45) is 5.92 Å². The van der Waals surface area contributed by atoms with Gasteiger partial charge in [-0.3, -0.25) is 14.4 Å². The molecule has 0 aromatic heterocycles. The van der Waals surface area contributed by atoms with E-state index in [1.54, 1.807) is 11.0 Å². The van der Waals surface area contributed by atoms with Crippen molar-refractivity contribution >= 4 is 40.3 Å². The molecular formula is C38H54ClN5O5S. The number of likely N-dealkylation sites (N-methyl/N-ethyl adjacent to an activating group) is 2. The van der Waals surface area contributed by atoms with Gasteiger partial charge >= 0.3 is 6.09 Å². The minimum atomic E-state index is -1.78. The third kappa shape index (κ3) is 8.66. The zero-order chi connectivity index (χ0) is 36.0. The molecule has 274 valence electrons. The summed E-state index contributed by atoms with van der Waals surface area (Å²) in [7, 11) is 0.125. The van der Waals surface area contributed by atoms with Gasteiger partial charge in [-0.1, -0.05) is 50.9 Å². The van der Waals surface area contributed by atoms with E-state index in [0.29, 0.717) is 56.5 Å². The minimum absolute atomic E-state index is 0.0328. The van der Waals surface area contributed by atoms with Crippen LogP contribution in [0.1, 0.15) is 70.9 Å². The summed E-state index contributed by atoms with van der Waals surface area (Å²) in [5.74, 6) is 0.461. The predicted octanol–water partition coefficient (Wildman–Crippen LogP) is 5.91. The number of carbonyl (C=O) groups excluding carboxylic acids is 2. The highest BCUT2D eigenvalue weighted by Crippen LogP contribution is 2.38. The highest BCUT2D eigenvalue weighted by molar-refractivity contribution is 7.83. The molecule has 2 amide bonds. The average molecular weight is 728 g/mol. The van der Waals surface area contributed by atoms with Gasteiger partial charge < -0.3 is 24.6 Å². The Bertz CT molecular complexity index is 1560. The Hall–Kier alpha value is -3.12. The molecule has 12 heteroatoms. The van der Waals surface area contributed by atoms with Crippen molar-refractivity contribution in [1.29, 1.82) is 0 Å². The normalized spacial score (nSPS) is 25.5. The molecule has 0 aliphatic carbocycles. The van der Waals surface area contributed by atoms with E-state index in [2.05, 4.69) is 40.9 Å². The Morgan fingerprint density at radius 2 is 1.92 bits per heavy atom. The lowest BCUT2D eigenvalue weighted by molar-refractivity contribution is -0.129. The van der Waals surface area contributed by atoms with Crippen LogP contribution in [0.3, 0.4) is 0 Å². The van der Waals surface area contributed by atoms with Crippen molar-refractivity contribution in [2.75, 3.05) is 57.8 Å². The van der Waals surface area contributed by atoms with Gasteiger partial charge in [-0.05, 0) is 94.2 Å². The van der Waals surface area contributed by atoms with E-state index in [1.807, 2.05) is 63.1 Å². The molecule has 2 aromatic rings. The third-order valence-electron chi connectivity index (χ3n) is 10.5. The van der Waals surface area contributed by atoms with Crippen LogP contribution in [0.25, 0.3) is 0 Å². The number of rotatable bonds is 7. The minimum Gasteiger partial charge on any atom is -0.491 e. The number of anilines is 1. The van der Waals surface area contributed by atoms with Crippen LogP contribution in [0.2, 0.25) is 5.02 Å². The molecule has 2 bridgehead atoms. The maximum absolute atomic E-state index is 13.7. The topological polar surface area (TPSA) is 103 Å². The second-order valence-corrected chi connectivity index (χ2v) is 15.7. The first kappa shape index (κ1) is 38.1. The van der Waals surface area contributed by atoms with Gasteiger partial charge in [-0.25, -0.2) is 9.00 Å². The molecule has 4 unspecified atom stereocenters. The molecule has 2 N–H and O–H groups in total. The summed E-state index contributed by atoms with van der Waals surface area (Å²) in [5.41, 5.74) is 2.31. The number of fused-ring (bicyclic) bond motifs is 1. The standard InChI is InChI=1S/C38H54ClN5O5S/c1-7-11-27-20-29(39)13-15-32(27)28-22-42-19-17-26(8-2)34(49-37(46)43-23-30(24-43)40-6)12-10-18-44(9-3)38(4,5)36(45)41-50(47)31-14-16-35(48-25-28)33(42)21-31/h10,12-16,20-21,26,28,30,34,40H,7-9,11,17-19,22-25H2,1-6H3,(H,41,45)/b12-10+. The van der Waals surface area contributed by atoms with Crippen molar-refractivity contribution in [3.05, 3.63) is 64.7 Å². The number of likely N-dealkylation sites (tertiary alicyclic amines) is 1. The van der Waals surface area contributed by atoms with E-state index >= 15 is 0 Å². The Morgan fingerprint density at radius 1 is 1.14 bits per heavy atom. The van der Waals surface area contributed by atoms with E-state index in [-0.39, 0.29) is 29.9 Å². The molecule has 0 spiro atoms. The first-order valence-corrected chi connectivity index (χ1v) is 19.6. The van der Waals surface area contributed by atoms with Crippen LogP contribution < -0.4 is 19.7 Å². The van der Waals surface area contributed by atoms with Crippen LogP contribution >= 0.6 is 11.6 Å². The lowest BCUT2D eigenvalue weighted by atomic mass is 9.91. The fourth-order valence-electron chi connectivity index (χ4n) is 7.15. The van der Waals surface area contributed by atoms with E-state index in [4.69, 9.17) is 21.1 Å². The van der Waals surface area contributed by atoms with Crippen molar-refractivity contribution < 1.29 is 23.3 Å². The summed E-state index contributed by atoms with van der Waals surface area (Å²) < 4.78 is 29.2. The summed E-state index contributed by atoms with van der Waals surface area (Å²) in [6.45, 7) is 14.1. The SMILES string of the molecule is CCCc1cc(Cl)ccc1C1COc2ccc3cc2N(CCC(CC)C(OC(=O)N2CC(NC)C2)/C=C/CN(CC)C(C)(C)C(=O)NS3=O)C1.